The van der Waals surface area contributed by atoms with Crippen molar-refractivity contribution in [1.82, 2.24) is 0 Å². The van der Waals surface area contributed by atoms with Gasteiger partial charge in [-0.3, -0.25) is 0 Å². The minimum atomic E-state index is -0.299. The van der Waals surface area contributed by atoms with E-state index in [1.165, 1.54) is 0 Å². The quantitative estimate of drug-likeness (QED) is 0.689. The first-order valence-electron chi connectivity index (χ1n) is 6.43. The van der Waals surface area contributed by atoms with Crippen molar-refractivity contribution in [2.45, 2.75) is 72.0 Å². The molecule has 2 radical (unpaired) electrons. The Kier molecular flexibility index (Phi) is 5.05. The maximum atomic E-state index is 6.02. The van der Waals surface area contributed by atoms with Crippen LogP contribution in [0.25, 0.3) is 0 Å². The largest absolute Gasteiger partial charge is 0.379 e. The van der Waals surface area contributed by atoms with Gasteiger partial charge in [-0.1, -0.05) is 13.8 Å². The highest BCUT2D eigenvalue weighted by molar-refractivity contribution is 6.11. The molecule has 0 bridgehead atoms. The molecule has 98 valence electrons. The van der Waals surface area contributed by atoms with E-state index < -0.39 is 0 Å². The maximum absolute atomic E-state index is 6.02. The zero-order valence-electron chi connectivity index (χ0n) is 11.9. The van der Waals surface area contributed by atoms with Gasteiger partial charge in [-0.15, -0.1) is 0 Å². The van der Waals surface area contributed by atoms with Crippen molar-refractivity contribution in [2.24, 2.45) is 5.41 Å². The first kappa shape index (κ1) is 15.0. The summed E-state index contributed by atoms with van der Waals surface area (Å²) in [6.45, 7) is 12.8. The minimum absolute atomic E-state index is 0.0174. The molecule has 3 nitrogen and oxygen atoms in total. The van der Waals surface area contributed by atoms with Gasteiger partial charge in [0.05, 0.1) is 24.9 Å². The maximum Gasteiger partial charge on any atom is 0.109 e. The minimum Gasteiger partial charge on any atom is -0.379 e. The Bertz CT molecular complexity index is 241. The van der Waals surface area contributed by atoms with Gasteiger partial charge in [-0.25, -0.2) is 0 Å². The third-order valence-electron chi connectivity index (χ3n) is 3.14. The molecule has 1 fully saturated rings. The van der Waals surface area contributed by atoms with Crippen LogP contribution in [0.3, 0.4) is 0 Å². The van der Waals surface area contributed by atoms with Crippen LogP contribution >= 0.6 is 0 Å². The highest BCUT2D eigenvalue weighted by atomic mass is 16.6. The van der Waals surface area contributed by atoms with Crippen LogP contribution in [0.5, 0.6) is 0 Å². The fraction of sp³-hybridized carbons (Fsp3) is 1.00. The van der Waals surface area contributed by atoms with E-state index in [1.807, 2.05) is 27.7 Å². The Morgan fingerprint density at radius 3 is 2.24 bits per heavy atom. The summed E-state index contributed by atoms with van der Waals surface area (Å²) in [5, 5.41) is 0. The van der Waals surface area contributed by atoms with Gasteiger partial charge in [0.1, 0.15) is 14.0 Å². The average Bonchev–Trinajstić information content (AvgIpc) is 2.38. The Hall–Kier alpha value is -0.0551. The van der Waals surface area contributed by atoms with E-state index in [1.54, 1.807) is 0 Å². The fourth-order valence-electron chi connectivity index (χ4n) is 2.05. The Balaban J connectivity index is 2.68. The summed E-state index contributed by atoms with van der Waals surface area (Å²) in [6, 6.07) is -0.299. The van der Waals surface area contributed by atoms with E-state index in [2.05, 4.69) is 13.8 Å². The van der Waals surface area contributed by atoms with Gasteiger partial charge in [-0.05, 0) is 27.7 Å². The smallest absolute Gasteiger partial charge is 0.109 e. The van der Waals surface area contributed by atoms with Gasteiger partial charge in [-0.2, -0.15) is 0 Å². The zero-order chi connectivity index (χ0) is 13.2. The van der Waals surface area contributed by atoms with Gasteiger partial charge < -0.3 is 14.2 Å². The van der Waals surface area contributed by atoms with Crippen molar-refractivity contribution >= 4 is 7.85 Å². The van der Waals surface area contributed by atoms with Crippen LogP contribution in [-0.4, -0.2) is 44.9 Å². The van der Waals surface area contributed by atoms with Crippen LogP contribution in [0.15, 0.2) is 0 Å². The SMILES string of the molecule is [B]C1OC(COC(C)C)C(OC(C)C)C1(C)C. The normalized spacial score (nSPS) is 32.6. The number of rotatable bonds is 5. The molecule has 0 spiro atoms. The lowest BCUT2D eigenvalue weighted by Crippen LogP contribution is -2.41. The van der Waals surface area contributed by atoms with E-state index in [4.69, 9.17) is 22.1 Å². The van der Waals surface area contributed by atoms with Gasteiger partial charge in [0.15, 0.2) is 0 Å². The lowest BCUT2D eigenvalue weighted by Gasteiger charge is -2.32. The Morgan fingerprint density at radius 2 is 1.76 bits per heavy atom. The number of hydrogen-bond acceptors (Lipinski definition) is 3. The molecule has 4 heteroatoms. The molecule has 3 atom stereocenters. The Morgan fingerprint density at radius 1 is 1.18 bits per heavy atom. The predicted octanol–water partition coefficient (Wildman–Crippen LogP) is 2.12. The summed E-state index contributed by atoms with van der Waals surface area (Å²) < 4.78 is 17.3. The second kappa shape index (κ2) is 5.72. The first-order valence-corrected chi connectivity index (χ1v) is 6.43. The van der Waals surface area contributed by atoms with Gasteiger partial charge in [0.2, 0.25) is 0 Å². The van der Waals surface area contributed by atoms with E-state index in [0.29, 0.717) is 6.61 Å². The van der Waals surface area contributed by atoms with Crippen molar-refractivity contribution in [2.75, 3.05) is 6.61 Å². The van der Waals surface area contributed by atoms with E-state index in [0.717, 1.165) is 0 Å². The second-order valence-corrected chi connectivity index (χ2v) is 5.90. The molecule has 1 aliphatic heterocycles. The molecule has 1 heterocycles. The zero-order valence-corrected chi connectivity index (χ0v) is 11.9. The van der Waals surface area contributed by atoms with Crippen LogP contribution in [-0.2, 0) is 14.2 Å². The summed E-state index contributed by atoms with van der Waals surface area (Å²) in [6.07, 6.45) is 0.258. The molecule has 0 N–H and O–H groups in total. The van der Waals surface area contributed by atoms with Crippen LogP contribution in [0.4, 0.5) is 0 Å². The number of ether oxygens (including phenoxy) is 3. The molecule has 1 aliphatic rings. The second-order valence-electron chi connectivity index (χ2n) is 5.90. The third kappa shape index (κ3) is 3.70. The van der Waals surface area contributed by atoms with Crippen molar-refractivity contribution in [3.63, 3.8) is 0 Å². The standard InChI is InChI=1S/C13H25BO3/c1-8(2)15-7-10-11(16-9(3)4)13(5,6)12(14)17-10/h8-12H,7H2,1-6H3. The molecule has 0 saturated carbocycles. The van der Waals surface area contributed by atoms with E-state index in [9.17, 15) is 0 Å². The van der Waals surface area contributed by atoms with Crippen molar-refractivity contribution < 1.29 is 14.2 Å². The van der Waals surface area contributed by atoms with Crippen LogP contribution < -0.4 is 0 Å². The molecular weight excluding hydrogens is 215 g/mol. The van der Waals surface area contributed by atoms with Gasteiger partial charge in [0.25, 0.3) is 0 Å². The highest BCUT2D eigenvalue weighted by Gasteiger charge is 2.49. The summed E-state index contributed by atoms with van der Waals surface area (Å²) in [7, 11) is 6.02. The molecule has 1 rings (SSSR count). The lowest BCUT2D eigenvalue weighted by molar-refractivity contribution is -0.0923. The van der Waals surface area contributed by atoms with Crippen LogP contribution in [0.1, 0.15) is 41.5 Å². The average molecular weight is 240 g/mol. The third-order valence-corrected chi connectivity index (χ3v) is 3.14. The summed E-state index contributed by atoms with van der Waals surface area (Å²) >= 11 is 0. The first-order chi connectivity index (χ1) is 7.75. The molecule has 0 aromatic carbocycles. The van der Waals surface area contributed by atoms with E-state index in [-0.39, 0.29) is 35.8 Å². The molecule has 0 amide bonds. The summed E-state index contributed by atoms with van der Waals surface area (Å²) in [5.41, 5.74) is -0.185. The van der Waals surface area contributed by atoms with Crippen LogP contribution in [0, 0.1) is 5.41 Å². The summed E-state index contributed by atoms with van der Waals surface area (Å²) in [5.74, 6) is 0. The van der Waals surface area contributed by atoms with Gasteiger partial charge >= 0.3 is 0 Å². The summed E-state index contributed by atoms with van der Waals surface area (Å²) in [4.78, 5) is 0. The van der Waals surface area contributed by atoms with Crippen molar-refractivity contribution in [3.8, 4) is 0 Å². The van der Waals surface area contributed by atoms with Crippen LogP contribution in [0.2, 0.25) is 0 Å². The predicted molar refractivity (Wildman–Crippen MR) is 69.3 cm³/mol. The molecule has 0 aromatic heterocycles. The van der Waals surface area contributed by atoms with Crippen molar-refractivity contribution in [3.05, 3.63) is 0 Å². The fourth-order valence-corrected chi connectivity index (χ4v) is 2.05. The molecule has 0 aromatic rings. The molecular formula is C13H25BO3. The molecule has 3 unspecified atom stereocenters. The highest BCUT2D eigenvalue weighted by Crippen LogP contribution is 2.39. The molecule has 0 aliphatic carbocycles. The van der Waals surface area contributed by atoms with E-state index >= 15 is 0 Å². The molecule has 1 saturated heterocycles. The van der Waals surface area contributed by atoms with Crippen molar-refractivity contribution in [1.29, 1.82) is 0 Å². The molecule has 17 heavy (non-hydrogen) atoms. The Labute approximate surface area is 107 Å². The lowest BCUT2D eigenvalue weighted by atomic mass is 9.73. The van der Waals surface area contributed by atoms with Gasteiger partial charge in [0, 0.05) is 11.4 Å². The monoisotopic (exact) mass is 240 g/mol. The number of hydrogen-bond donors (Lipinski definition) is 0. The topological polar surface area (TPSA) is 27.7 Å².